The Bertz CT molecular complexity index is 404. The van der Waals surface area contributed by atoms with Crippen molar-refractivity contribution in [1.82, 2.24) is 0 Å². The fourth-order valence-electron chi connectivity index (χ4n) is 1.72. The summed E-state index contributed by atoms with van der Waals surface area (Å²) < 4.78 is 5.15. The number of β-lactam (4-membered cyclic amide) rings is 1. The molecule has 4 heteroatoms. The number of ether oxygens (including phenoxy) is 1. The Kier molecular flexibility index (Phi) is 2.36. The van der Waals surface area contributed by atoms with E-state index in [1.54, 1.807) is 12.0 Å². The number of nitrogens with zero attached hydrogens (tertiary/aromatic N) is 1. The molecule has 2 N–H and O–H groups in total. The second-order valence-corrected chi connectivity index (χ2v) is 3.71. The maximum absolute atomic E-state index is 11.4. The Morgan fingerprint density at radius 3 is 2.73 bits per heavy atom. The molecule has 0 spiro atoms. The molecule has 1 heterocycles. The molecule has 0 saturated carbocycles. The van der Waals surface area contributed by atoms with Crippen LogP contribution in [0.3, 0.4) is 0 Å². The third-order valence-corrected chi connectivity index (χ3v) is 2.65. The van der Waals surface area contributed by atoms with E-state index in [4.69, 9.17) is 10.5 Å². The maximum Gasteiger partial charge on any atom is 0.245 e. The van der Waals surface area contributed by atoms with E-state index in [0.29, 0.717) is 6.54 Å². The highest BCUT2D eigenvalue weighted by Crippen LogP contribution is 2.27. The molecule has 1 aromatic rings. The van der Waals surface area contributed by atoms with Gasteiger partial charge in [0.2, 0.25) is 5.91 Å². The number of methoxy groups -OCH3 is 1. The van der Waals surface area contributed by atoms with Gasteiger partial charge in [-0.05, 0) is 30.7 Å². The van der Waals surface area contributed by atoms with Crippen molar-refractivity contribution in [3.05, 3.63) is 23.8 Å². The van der Waals surface area contributed by atoms with Gasteiger partial charge in [0, 0.05) is 5.69 Å². The zero-order valence-corrected chi connectivity index (χ0v) is 8.86. The Morgan fingerprint density at radius 1 is 1.53 bits per heavy atom. The molecule has 0 radical (unpaired) electrons. The Hall–Kier alpha value is -1.55. The maximum atomic E-state index is 11.4. The van der Waals surface area contributed by atoms with Gasteiger partial charge in [-0.1, -0.05) is 0 Å². The number of anilines is 1. The van der Waals surface area contributed by atoms with Crippen LogP contribution in [0.25, 0.3) is 0 Å². The summed E-state index contributed by atoms with van der Waals surface area (Å²) in [6, 6.07) is 5.34. The zero-order chi connectivity index (χ0) is 11.0. The number of hydrogen-bond acceptors (Lipinski definition) is 3. The van der Waals surface area contributed by atoms with Crippen molar-refractivity contribution in [1.29, 1.82) is 0 Å². The molecule has 80 valence electrons. The van der Waals surface area contributed by atoms with Gasteiger partial charge in [-0.3, -0.25) is 4.79 Å². The van der Waals surface area contributed by atoms with E-state index < -0.39 is 0 Å². The number of carbonyl (C=O) groups is 1. The van der Waals surface area contributed by atoms with E-state index in [0.717, 1.165) is 17.0 Å². The molecule has 1 atom stereocenters. The summed E-state index contributed by atoms with van der Waals surface area (Å²) in [5, 5.41) is 0. The Labute approximate surface area is 88.6 Å². The summed E-state index contributed by atoms with van der Waals surface area (Å²) in [6.45, 7) is 2.55. The molecule has 1 aliphatic heterocycles. The minimum atomic E-state index is -0.326. The molecular weight excluding hydrogens is 192 g/mol. The molecule has 1 aliphatic rings. The lowest BCUT2D eigenvalue weighted by Crippen LogP contribution is -2.61. The number of rotatable bonds is 2. The summed E-state index contributed by atoms with van der Waals surface area (Å²) in [5.41, 5.74) is 7.43. The molecule has 1 unspecified atom stereocenters. The number of aryl methyl sites for hydroxylation is 1. The van der Waals surface area contributed by atoms with Crippen LogP contribution in [-0.2, 0) is 4.79 Å². The molecule has 0 aliphatic carbocycles. The van der Waals surface area contributed by atoms with Gasteiger partial charge in [-0.2, -0.15) is 0 Å². The van der Waals surface area contributed by atoms with Crippen LogP contribution < -0.4 is 15.4 Å². The first kappa shape index (κ1) is 9.98. The minimum absolute atomic E-state index is 0.0143. The monoisotopic (exact) mass is 206 g/mol. The van der Waals surface area contributed by atoms with Crippen LogP contribution in [0.15, 0.2) is 18.2 Å². The lowest BCUT2D eigenvalue weighted by atomic mass is 10.1. The Morgan fingerprint density at radius 2 is 2.27 bits per heavy atom. The molecule has 0 bridgehead atoms. The highest BCUT2D eigenvalue weighted by atomic mass is 16.5. The standard InChI is InChI=1S/C11H14N2O2/c1-7-5-8(3-4-10(7)15-2)13-6-9(12)11(13)14/h3-5,9H,6,12H2,1-2H3. The summed E-state index contributed by atoms with van der Waals surface area (Å²) in [6.07, 6.45) is 0. The van der Waals surface area contributed by atoms with Gasteiger partial charge in [-0.15, -0.1) is 0 Å². The average Bonchev–Trinajstić information content (AvgIpc) is 2.25. The number of benzene rings is 1. The van der Waals surface area contributed by atoms with Crippen LogP contribution in [-0.4, -0.2) is 25.6 Å². The first-order valence-corrected chi connectivity index (χ1v) is 4.85. The highest BCUT2D eigenvalue weighted by molar-refractivity contribution is 6.03. The van der Waals surface area contributed by atoms with Crippen LogP contribution in [0.5, 0.6) is 5.75 Å². The molecule has 1 aromatic carbocycles. The van der Waals surface area contributed by atoms with Crippen LogP contribution >= 0.6 is 0 Å². The molecule has 15 heavy (non-hydrogen) atoms. The predicted molar refractivity (Wildman–Crippen MR) is 58.1 cm³/mol. The molecule has 2 rings (SSSR count). The first-order valence-electron chi connectivity index (χ1n) is 4.85. The van der Waals surface area contributed by atoms with Crippen molar-refractivity contribution in [3.8, 4) is 5.75 Å². The van der Waals surface area contributed by atoms with Gasteiger partial charge in [-0.25, -0.2) is 0 Å². The van der Waals surface area contributed by atoms with Crippen LogP contribution in [0, 0.1) is 6.92 Å². The van der Waals surface area contributed by atoms with E-state index in [1.165, 1.54) is 0 Å². The number of amides is 1. The topological polar surface area (TPSA) is 55.6 Å². The van der Waals surface area contributed by atoms with Gasteiger partial charge in [0.05, 0.1) is 13.7 Å². The normalized spacial score (nSPS) is 20.1. The van der Waals surface area contributed by atoms with Crippen molar-refractivity contribution in [2.24, 2.45) is 5.73 Å². The van der Waals surface area contributed by atoms with E-state index in [1.807, 2.05) is 25.1 Å². The molecule has 1 fully saturated rings. The van der Waals surface area contributed by atoms with E-state index in [2.05, 4.69) is 0 Å². The molecule has 4 nitrogen and oxygen atoms in total. The van der Waals surface area contributed by atoms with Gasteiger partial charge >= 0.3 is 0 Å². The number of hydrogen-bond donors (Lipinski definition) is 1. The largest absolute Gasteiger partial charge is 0.496 e. The number of nitrogens with two attached hydrogens (primary N) is 1. The quantitative estimate of drug-likeness (QED) is 0.724. The van der Waals surface area contributed by atoms with Gasteiger partial charge in [0.1, 0.15) is 11.8 Å². The fourth-order valence-corrected chi connectivity index (χ4v) is 1.72. The lowest BCUT2D eigenvalue weighted by Gasteiger charge is -2.36. The Balaban J connectivity index is 2.24. The van der Waals surface area contributed by atoms with Gasteiger partial charge in [0.25, 0.3) is 0 Å². The van der Waals surface area contributed by atoms with E-state index >= 15 is 0 Å². The van der Waals surface area contributed by atoms with Crippen molar-refractivity contribution in [3.63, 3.8) is 0 Å². The SMILES string of the molecule is COc1ccc(N2CC(N)C2=O)cc1C. The third kappa shape index (κ3) is 1.57. The van der Waals surface area contributed by atoms with Crippen LogP contribution in [0.1, 0.15) is 5.56 Å². The molecule has 1 amide bonds. The van der Waals surface area contributed by atoms with E-state index in [9.17, 15) is 4.79 Å². The second kappa shape index (κ2) is 3.55. The summed E-state index contributed by atoms with van der Waals surface area (Å²) in [4.78, 5) is 13.1. The highest BCUT2D eigenvalue weighted by Gasteiger charge is 2.34. The summed E-state index contributed by atoms with van der Waals surface area (Å²) in [7, 11) is 1.63. The summed E-state index contributed by atoms with van der Waals surface area (Å²) in [5.74, 6) is 0.815. The molecular formula is C11H14N2O2. The fraction of sp³-hybridized carbons (Fsp3) is 0.364. The van der Waals surface area contributed by atoms with Crippen LogP contribution in [0.4, 0.5) is 5.69 Å². The molecule has 1 saturated heterocycles. The van der Waals surface area contributed by atoms with Crippen LogP contribution in [0.2, 0.25) is 0 Å². The minimum Gasteiger partial charge on any atom is -0.496 e. The second-order valence-electron chi connectivity index (χ2n) is 3.71. The predicted octanol–water partition coefficient (Wildman–Crippen LogP) is 0.678. The smallest absolute Gasteiger partial charge is 0.245 e. The van der Waals surface area contributed by atoms with Crippen molar-refractivity contribution in [2.75, 3.05) is 18.6 Å². The van der Waals surface area contributed by atoms with Crippen molar-refractivity contribution >= 4 is 11.6 Å². The lowest BCUT2D eigenvalue weighted by molar-refractivity contribution is -0.123. The third-order valence-electron chi connectivity index (χ3n) is 2.65. The summed E-state index contributed by atoms with van der Waals surface area (Å²) >= 11 is 0. The zero-order valence-electron chi connectivity index (χ0n) is 8.86. The van der Waals surface area contributed by atoms with Gasteiger partial charge in [0.15, 0.2) is 0 Å². The van der Waals surface area contributed by atoms with Crippen molar-refractivity contribution < 1.29 is 9.53 Å². The van der Waals surface area contributed by atoms with Gasteiger partial charge < -0.3 is 15.4 Å². The van der Waals surface area contributed by atoms with Crippen molar-refractivity contribution in [2.45, 2.75) is 13.0 Å². The number of carbonyl (C=O) groups excluding carboxylic acids is 1. The average molecular weight is 206 g/mol. The first-order chi connectivity index (χ1) is 7.13. The van der Waals surface area contributed by atoms with E-state index in [-0.39, 0.29) is 11.9 Å². The molecule has 0 aromatic heterocycles.